The number of fused-ring (bicyclic) bond motifs is 1. The molecule has 1 N–H and O–H groups in total. The van der Waals surface area contributed by atoms with Crippen molar-refractivity contribution in [2.75, 3.05) is 0 Å². The molecule has 18 heavy (non-hydrogen) atoms. The molecule has 0 amide bonds. The second-order valence-corrected chi connectivity index (χ2v) is 4.28. The molecule has 0 aliphatic rings. The number of H-pyrrole nitrogens is 1. The summed E-state index contributed by atoms with van der Waals surface area (Å²) >= 11 is 0. The zero-order chi connectivity index (χ0) is 13.3. The topological polar surface area (TPSA) is 50.7 Å². The second kappa shape index (κ2) is 4.88. The van der Waals surface area contributed by atoms with E-state index in [9.17, 15) is 13.6 Å². The quantitative estimate of drug-likeness (QED) is 0.913. The van der Waals surface area contributed by atoms with Crippen molar-refractivity contribution in [3.8, 4) is 0 Å². The van der Waals surface area contributed by atoms with Gasteiger partial charge in [0.15, 0.2) is 5.65 Å². The van der Waals surface area contributed by atoms with E-state index in [-0.39, 0.29) is 11.2 Å². The maximum absolute atomic E-state index is 12.9. The van der Waals surface area contributed by atoms with Crippen LogP contribution in [0.5, 0.6) is 0 Å². The highest BCUT2D eigenvalue weighted by Crippen LogP contribution is 2.27. The second-order valence-electron chi connectivity index (χ2n) is 4.28. The summed E-state index contributed by atoms with van der Waals surface area (Å²) in [5.41, 5.74) is 0.128. The fourth-order valence-corrected chi connectivity index (χ4v) is 2.04. The molecule has 0 saturated heterocycles. The lowest BCUT2D eigenvalue weighted by molar-refractivity contribution is 0.153. The maximum Gasteiger partial charge on any atom is 0.264 e. The summed E-state index contributed by atoms with van der Waals surface area (Å²) < 4.78 is 27.5. The van der Waals surface area contributed by atoms with Gasteiger partial charge in [0.2, 0.25) is 5.56 Å². The minimum Gasteiger partial charge on any atom is -0.305 e. The average Bonchev–Trinajstić information content (AvgIpc) is 2.62. The Morgan fingerprint density at radius 2 is 2.22 bits per heavy atom. The number of hydrogen-bond acceptors (Lipinski definition) is 2. The lowest BCUT2D eigenvalue weighted by Crippen LogP contribution is -2.06. The van der Waals surface area contributed by atoms with E-state index in [1.807, 2.05) is 6.92 Å². The van der Waals surface area contributed by atoms with Gasteiger partial charge in [-0.25, -0.2) is 8.78 Å². The Bertz CT molecular complexity index is 616. The van der Waals surface area contributed by atoms with Gasteiger partial charge in [-0.05, 0) is 13.3 Å². The number of hydrogen-bond donors (Lipinski definition) is 1. The Balaban J connectivity index is 2.64. The van der Waals surface area contributed by atoms with Crippen molar-refractivity contribution in [1.29, 1.82) is 0 Å². The molecule has 0 aliphatic heterocycles. The number of aryl methyl sites for hydroxylation is 2. The van der Waals surface area contributed by atoms with Crippen molar-refractivity contribution in [2.45, 2.75) is 39.7 Å². The van der Waals surface area contributed by atoms with E-state index in [1.54, 1.807) is 11.6 Å². The van der Waals surface area contributed by atoms with Crippen molar-refractivity contribution < 1.29 is 8.78 Å². The summed E-state index contributed by atoms with van der Waals surface area (Å²) in [5, 5.41) is 4.54. The molecule has 0 aliphatic carbocycles. The molecule has 0 unspecified atom stereocenters. The molecule has 98 valence electrons. The first-order valence-corrected chi connectivity index (χ1v) is 5.93. The number of rotatable bonds is 4. The zero-order valence-electron chi connectivity index (χ0n) is 10.3. The lowest BCUT2D eigenvalue weighted by Gasteiger charge is -2.03. The standard InChI is InChI=1S/C12H15F2N3O/c1-3-4-5-17-7(2)10-8(11(13)14)6-9(18)15-12(10)16-17/h6,11H,3-5H2,1-2H3,(H,15,16,18). The largest absolute Gasteiger partial charge is 0.305 e. The summed E-state index contributed by atoms with van der Waals surface area (Å²) in [6.45, 7) is 4.46. The highest BCUT2D eigenvalue weighted by atomic mass is 19.3. The molecular formula is C12H15F2N3O. The highest BCUT2D eigenvalue weighted by molar-refractivity contribution is 5.81. The summed E-state index contributed by atoms with van der Waals surface area (Å²) in [4.78, 5) is 13.8. The third-order valence-corrected chi connectivity index (χ3v) is 2.98. The van der Waals surface area contributed by atoms with Gasteiger partial charge in [-0.15, -0.1) is 0 Å². The first-order valence-electron chi connectivity index (χ1n) is 5.93. The van der Waals surface area contributed by atoms with Gasteiger partial charge in [-0.3, -0.25) is 9.48 Å². The number of unbranched alkanes of at least 4 members (excludes halogenated alkanes) is 1. The maximum atomic E-state index is 12.9. The monoisotopic (exact) mass is 255 g/mol. The van der Waals surface area contributed by atoms with Gasteiger partial charge >= 0.3 is 0 Å². The normalized spacial score (nSPS) is 11.6. The van der Waals surface area contributed by atoms with Crippen molar-refractivity contribution in [1.82, 2.24) is 14.8 Å². The molecule has 0 saturated carbocycles. The van der Waals surface area contributed by atoms with E-state index >= 15 is 0 Å². The van der Waals surface area contributed by atoms with Gasteiger partial charge < -0.3 is 4.98 Å². The third kappa shape index (κ3) is 2.14. The summed E-state index contributed by atoms with van der Waals surface area (Å²) in [5.74, 6) is 0. The molecule has 0 radical (unpaired) electrons. The van der Waals surface area contributed by atoms with Crippen LogP contribution in [0.1, 0.15) is 37.4 Å². The number of alkyl halides is 2. The Morgan fingerprint density at radius 3 is 2.83 bits per heavy atom. The van der Waals surface area contributed by atoms with Crippen LogP contribution >= 0.6 is 0 Å². The molecule has 2 rings (SSSR count). The molecule has 0 atom stereocenters. The molecule has 0 spiro atoms. The van der Waals surface area contributed by atoms with Crippen molar-refractivity contribution in [3.05, 3.63) is 27.7 Å². The van der Waals surface area contributed by atoms with Gasteiger partial charge in [0.25, 0.3) is 6.43 Å². The third-order valence-electron chi connectivity index (χ3n) is 2.98. The van der Waals surface area contributed by atoms with Crippen LogP contribution in [0.4, 0.5) is 8.78 Å². The SMILES string of the molecule is CCCCn1nc2[nH]c(=O)cc(C(F)F)c2c1C. The van der Waals surface area contributed by atoms with Crippen LogP contribution < -0.4 is 5.56 Å². The van der Waals surface area contributed by atoms with Gasteiger partial charge in [0.05, 0.1) is 0 Å². The fraction of sp³-hybridized carbons (Fsp3) is 0.500. The number of pyridine rings is 1. The smallest absolute Gasteiger partial charge is 0.264 e. The van der Waals surface area contributed by atoms with E-state index in [2.05, 4.69) is 10.1 Å². The minimum absolute atomic E-state index is 0.242. The number of aromatic nitrogens is 3. The predicted molar refractivity (Wildman–Crippen MR) is 65.0 cm³/mol. The fourth-order valence-electron chi connectivity index (χ4n) is 2.04. The van der Waals surface area contributed by atoms with Crippen LogP contribution in [0.15, 0.2) is 10.9 Å². The van der Waals surface area contributed by atoms with Crippen LogP contribution in [-0.4, -0.2) is 14.8 Å². The Labute approximate surface area is 103 Å². The Hall–Kier alpha value is -1.72. The highest BCUT2D eigenvalue weighted by Gasteiger charge is 2.18. The van der Waals surface area contributed by atoms with E-state index in [4.69, 9.17) is 0 Å². The zero-order valence-corrected chi connectivity index (χ0v) is 10.3. The first kappa shape index (κ1) is 12.7. The van der Waals surface area contributed by atoms with Crippen LogP contribution in [0.25, 0.3) is 11.0 Å². The molecule has 2 aromatic rings. The van der Waals surface area contributed by atoms with Crippen molar-refractivity contribution >= 4 is 11.0 Å². The average molecular weight is 255 g/mol. The molecule has 2 aromatic heterocycles. The van der Waals surface area contributed by atoms with E-state index in [1.165, 1.54) is 0 Å². The van der Waals surface area contributed by atoms with E-state index < -0.39 is 12.0 Å². The molecule has 2 heterocycles. The number of nitrogens with zero attached hydrogens (tertiary/aromatic N) is 2. The molecule has 0 fully saturated rings. The Kier molecular flexibility index (Phi) is 3.45. The van der Waals surface area contributed by atoms with Gasteiger partial charge in [0, 0.05) is 29.3 Å². The van der Waals surface area contributed by atoms with Crippen LogP contribution in [-0.2, 0) is 6.54 Å². The first-order chi connectivity index (χ1) is 8.54. The van der Waals surface area contributed by atoms with Crippen molar-refractivity contribution in [3.63, 3.8) is 0 Å². The van der Waals surface area contributed by atoms with Gasteiger partial charge in [0.1, 0.15) is 0 Å². The summed E-state index contributed by atoms with van der Waals surface area (Å²) in [6, 6.07) is 0.950. The Morgan fingerprint density at radius 1 is 1.50 bits per heavy atom. The molecule has 6 heteroatoms. The van der Waals surface area contributed by atoms with Crippen molar-refractivity contribution in [2.24, 2.45) is 0 Å². The van der Waals surface area contributed by atoms with E-state index in [0.717, 1.165) is 18.9 Å². The molecular weight excluding hydrogens is 240 g/mol. The number of aromatic amines is 1. The van der Waals surface area contributed by atoms with Crippen LogP contribution in [0.2, 0.25) is 0 Å². The summed E-state index contributed by atoms with van der Waals surface area (Å²) in [6.07, 6.45) is -0.756. The summed E-state index contributed by atoms with van der Waals surface area (Å²) in [7, 11) is 0. The lowest BCUT2D eigenvalue weighted by atomic mass is 10.1. The van der Waals surface area contributed by atoms with Gasteiger partial charge in [-0.2, -0.15) is 5.10 Å². The van der Waals surface area contributed by atoms with Crippen LogP contribution in [0, 0.1) is 6.92 Å². The van der Waals surface area contributed by atoms with E-state index in [0.29, 0.717) is 17.6 Å². The predicted octanol–water partition coefficient (Wildman–Crippen LogP) is 2.77. The number of halogens is 2. The van der Waals surface area contributed by atoms with Crippen LogP contribution in [0.3, 0.4) is 0 Å². The minimum atomic E-state index is -2.67. The molecule has 4 nitrogen and oxygen atoms in total. The van der Waals surface area contributed by atoms with Gasteiger partial charge in [-0.1, -0.05) is 13.3 Å². The number of nitrogens with one attached hydrogen (secondary N) is 1. The molecule has 0 bridgehead atoms. The molecule has 0 aromatic carbocycles.